The second-order valence-electron chi connectivity index (χ2n) is 5.57. The van der Waals surface area contributed by atoms with Crippen molar-refractivity contribution >= 4 is 0 Å². The molecule has 0 N–H and O–H groups in total. The Labute approximate surface area is 125 Å². The molecule has 0 aromatic carbocycles. The lowest BCUT2D eigenvalue weighted by molar-refractivity contribution is 0.193. The van der Waals surface area contributed by atoms with Crippen LogP contribution in [0, 0.1) is 0 Å². The van der Waals surface area contributed by atoms with Crippen molar-refractivity contribution in [2.75, 3.05) is 13.2 Å². The van der Waals surface area contributed by atoms with E-state index in [1.807, 2.05) is 18.7 Å². The summed E-state index contributed by atoms with van der Waals surface area (Å²) in [6.45, 7) is 5.70. The molecule has 6 heteroatoms. The fourth-order valence-electron chi connectivity index (χ4n) is 2.72. The van der Waals surface area contributed by atoms with Crippen LogP contribution in [-0.2, 0) is 24.2 Å². The van der Waals surface area contributed by atoms with Gasteiger partial charge in [0.1, 0.15) is 5.82 Å². The predicted octanol–water partition coefficient (Wildman–Crippen LogP) is 2.02. The third-order valence-electron chi connectivity index (χ3n) is 3.87. The lowest BCUT2D eigenvalue weighted by atomic mass is 10.1. The Hall–Kier alpha value is -1.69. The second kappa shape index (κ2) is 6.85. The van der Waals surface area contributed by atoms with Crippen LogP contribution < -0.4 is 0 Å². The highest BCUT2D eigenvalue weighted by Gasteiger charge is 2.23. The monoisotopic (exact) mass is 289 g/mol. The molecule has 0 saturated carbocycles. The Morgan fingerprint density at radius 1 is 1.38 bits per heavy atom. The Morgan fingerprint density at radius 3 is 3.05 bits per heavy atom. The summed E-state index contributed by atoms with van der Waals surface area (Å²) in [5.41, 5.74) is 0. The van der Waals surface area contributed by atoms with E-state index >= 15 is 0 Å². The van der Waals surface area contributed by atoms with Crippen molar-refractivity contribution in [3.05, 3.63) is 30.4 Å². The zero-order valence-electron chi connectivity index (χ0n) is 12.6. The van der Waals surface area contributed by atoms with Gasteiger partial charge < -0.3 is 9.30 Å². The molecule has 0 amide bonds. The molecule has 1 saturated heterocycles. The van der Waals surface area contributed by atoms with Crippen molar-refractivity contribution in [1.82, 2.24) is 24.3 Å². The molecule has 1 aliphatic rings. The predicted molar refractivity (Wildman–Crippen MR) is 79.0 cm³/mol. The maximum absolute atomic E-state index is 5.45. The molecule has 1 fully saturated rings. The summed E-state index contributed by atoms with van der Waals surface area (Å²) in [5.74, 6) is 2.47. The van der Waals surface area contributed by atoms with Crippen LogP contribution in [0.4, 0.5) is 0 Å². The first-order chi connectivity index (χ1) is 10.4. The molecule has 2 aromatic heterocycles. The normalized spacial score (nSPS) is 18.4. The lowest BCUT2D eigenvalue weighted by Crippen LogP contribution is -2.07. The van der Waals surface area contributed by atoms with E-state index in [1.54, 1.807) is 0 Å². The summed E-state index contributed by atoms with van der Waals surface area (Å²) in [6.07, 6.45) is 9.81. The van der Waals surface area contributed by atoms with Crippen molar-refractivity contribution in [3.63, 3.8) is 0 Å². The fourth-order valence-corrected chi connectivity index (χ4v) is 2.72. The average molecular weight is 289 g/mol. The minimum atomic E-state index is 0.385. The quantitative estimate of drug-likeness (QED) is 0.782. The molecule has 6 nitrogen and oxygen atoms in total. The molecule has 3 heterocycles. The Kier molecular flexibility index (Phi) is 4.65. The Balaban J connectivity index is 1.64. The minimum absolute atomic E-state index is 0.385. The number of hydrogen-bond donors (Lipinski definition) is 0. The third-order valence-corrected chi connectivity index (χ3v) is 3.87. The van der Waals surface area contributed by atoms with E-state index in [-0.39, 0.29) is 0 Å². The number of aryl methyl sites for hydroxylation is 3. The van der Waals surface area contributed by atoms with E-state index in [1.165, 1.54) is 0 Å². The molecule has 114 valence electrons. The van der Waals surface area contributed by atoms with Crippen LogP contribution in [0.25, 0.3) is 0 Å². The van der Waals surface area contributed by atoms with E-state index in [2.05, 4.69) is 21.2 Å². The fraction of sp³-hybridized carbons (Fsp3) is 0.667. The summed E-state index contributed by atoms with van der Waals surface area (Å²) in [6, 6.07) is 0. The summed E-state index contributed by atoms with van der Waals surface area (Å²) in [7, 11) is 0. The number of rotatable bonds is 7. The highest BCUT2D eigenvalue weighted by atomic mass is 16.5. The molecule has 0 spiro atoms. The van der Waals surface area contributed by atoms with E-state index < -0.39 is 0 Å². The largest absolute Gasteiger partial charge is 0.381 e. The van der Waals surface area contributed by atoms with Crippen molar-refractivity contribution in [2.45, 2.75) is 51.6 Å². The SMILES string of the molecule is CCCn1nc(C2CCOC2)nc1CCCn1ccnc1. The van der Waals surface area contributed by atoms with Gasteiger partial charge in [-0.15, -0.1) is 0 Å². The van der Waals surface area contributed by atoms with E-state index in [0.717, 1.165) is 63.6 Å². The molecule has 21 heavy (non-hydrogen) atoms. The number of imidazole rings is 1. The molecule has 1 atom stereocenters. The highest BCUT2D eigenvalue weighted by Crippen LogP contribution is 2.22. The molecule has 0 radical (unpaired) electrons. The summed E-state index contributed by atoms with van der Waals surface area (Å²) >= 11 is 0. The summed E-state index contributed by atoms with van der Waals surface area (Å²) in [5, 5.41) is 4.70. The molecule has 3 rings (SSSR count). The van der Waals surface area contributed by atoms with Gasteiger partial charge in [0.15, 0.2) is 5.82 Å². The zero-order valence-corrected chi connectivity index (χ0v) is 12.6. The number of ether oxygens (including phenoxy) is 1. The van der Waals surface area contributed by atoms with Crippen molar-refractivity contribution in [3.8, 4) is 0 Å². The first-order valence-electron chi connectivity index (χ1n) is 7.84. The molecule has 2 aromatic rings. The number of aromatic nitrogens is 5. The van der Waals surface area contributed by atoms with Crippen molar-refractivity contribution in [2.24, 2.45) is 0 Å². The standard InChI is InChI=1S/C15H23N5O/c1-2-7-20-14(4-3-8-19-9-6-16-12-19)17-15(18-20)13-5-10-21-11-13/h6,9,12-13H,2-5,7-8,10-11H2,1H3. The van der Waals surface area contributed by atoms with Crippen LogP contribution in [0.15, 0.2) is 18.7 Å². The van der Waals surface area contributed by atoms with Gasteiger partial charge in [0.05, 0.1) is 12.9 Å². The van der Waals surface area contributed by atoms with Gasteiger partial charge in [-0.2, -0.15) is 5.10 Å². The van der Waals surface area contributed by atoms with Gasteiger partial charge in [0.2, 0.25) is 0 Å². The van der Waals surface area contributed by atoms with Gasteiger partial charge in [-0.1, -0.05) is 6.92 Å². The summed E-state index contributed by atoms with van der Waals surface area (Å²) in [4.78, 5) is 8.84. The molecule has 1 unspecified atom stereocenters. The third kappa shape index (κ3) is 3.50. The average Bonchev–Trinajstić information content (AvgIpc) is 3.20. The van der Waals surface area contributed by atoms with Gasteiger partial charge in [0.25, 0.3) is 0 Å². The lowest BCUT2D eigenvalue weighted by Gasteiger charge is -2.04. The van der Waals surface area contributed by atoms with Crippen LogP contribution in [0.3, 0.4) is 0 Å². The number of hydrogen-bond acceptors (Lipinski definition) is 4. The van der Waals surface area contributed by atoms with Gasteiger partial charge in [-0.3, -0.25) is 0 Å². The topological polar surface area (TPSA) is 57.8 Å². The van der Waals surface area contributed by atoms with Crippen molar-refractivity contribution in [1.29, 1.82) is 0 Å². The maximum atomic E-state index is 5.45. The number of nitrogens with zero attached hydrogens (tertiary/aromatic N) is 5. The van der Waals surface area contributed by atoms with Crippen LogP contribution in [0.2, 0.25) is 0 Å². The second-order valence-corrected chi connectivity index (χ2v) is 5.57. The molecular formula is C15H23N5O. The van der Waals surface area contributed by atoms with E-state index in [9.17, 15) is 0 Å². The maximum Gasteiger partial charge on any atom is 0.156 e. The molecule has 1 aliphatic heterocycles. The first-order valence-corrected chi connectivity index (χ1v) is 7.84. The highest BCUT2D eigenvalue weighted by molar-refractivity contribution is 5.01. The van der Waals surface area contributed by atoms with E-state index in [4.69, 9.17) is 14.8 Å². The van der Waals surface area contributed by atoms with Crippen LogP contribution in [0.1, 0.15) is 43.8 Å². The van der Waals surface area contributed by atoms with Crippen LogP contribution in [0.5, 0.6) is 0 Å². The molecular weight excluding hydrogens is 266 g/mol. The summed E-state index contributed by atoms with van der Waals surface area (Å²) < 4.78 is 9.64. The van der Waals surface area contributed by atoms with Gasteiger partial charge in [-0.25, -0.2) is 14.6 Å². The van der Waals surface area contributed by atoms with Crippen LogP contribution >= 0.6 is 0 Å². The van der Waals surface area contributed by atoms with Gasteiger partial charge in [-0.05, 0) is 19.3 Å². The van der Waals surface area contributed by atoms with Gasteiger partial charge >= 0.3 is 0 Å². The molecule has 0 bridgehead atoms. The minimum Gasteiger partial charge on any atom is -0.381 e. The van der Waals surface area contributed by atoms with E-state index in [0.29, 0.717) is 5.92 Å². The Bertz CT molecular complexity index is 542. The Morgan fingerprint density at radius 2 is 2.33 bits per heavy atom. The van der Waals surface area contributed by atoms with Gasteiger partial charge in [0, 0.05) is 44.4 Å². The first kappa shape index (κ1) is 14.3. The smallest absolute Gasteiger partial charge is 0.156 e. The van der Waals surface area contributed by atoms with Crippen molar-refractivity contribution < 1.29 is 4.74 Å². The van der Waals surface area contributed by atoms with Crippen LogP contribution in [-0.4, -0.2) is 37.5 Å². The molecule has 0 aliphatic carbocycles. The zero-order chi connectivity index (χ0) is 14.5.